The molecule has 0 radical (unpaired) electrons. The fourth-order valence-corrected chi connectivity index (χ4v) is 3.08. The van der Waals surface area contributed by atoms with E-state index in [0.29, 0.717) is 11.6 Å². The van der Waals surface area contributed by atoms with Gasteiger partial charge in [-0.1, -0.05) is 29.8 Å². The van der Waals surface area contributed by atoms with Crippen LogP contribution < -0.4 is 10.2 Å². The number of halogens is 1. The number of aryl methyl sites for hydroxylation is 3. The van der Waals surface area contributed by atoms with E-state index < -0.39 is 0 Å². The summed E-state index contributed by atoms with van der Waals surface area (Å²) in [6.07, 6.45) is 0.218. The lowest BCUT2D eigenvalue weighted by atomic mass is 10.1. The Kier molecular flexibility index (Phi) is 6.21. The van der Waals surface area contributed by atoms with Crippen LogP contribution in [0.4, 0.5) is 11.4 Å². The van der Waals surface area contributed by atoms with Crippen LogP contribution in [0.25, 0.3) is 0 Å². The molecule has 0 aliphatic heterocycles. The monoisotopic (exact) mass is 358 g/mol. The molecule has 0 fully saturated rings. The average Bonchev–Trinajstić information content (AvgIpc) is 2.52. The van der Waals surface area contributed by atoms with E-state index in [1.807, 2.05) is 39.0 Å². The van der Waals surface area contributed by atoms with Crippen molar-refractivity contribution in [3.63, 3.8) is 0 Å². The first-order valence-electron chi connectivity index (χ1n) is 8.20. The van der Waals surface area contributed by atoms with E-state index in [-0.39, 0.29) is 18.2 Å². The molecule has 1 N–H and O–H groups in total. The van der Waals surface area contributed by atoms with Crippen molar-refractivity contribution in [2.24, 2.45) is 0 Å². The molecule has 0 spiro atoms. The molecular weight excluding hydrogens is 336 g/mol. The first-order valence-corrected chi connectivity index (χ1v) is 8.57. The summed E-state index contributed by atoms with van der Waals surface area (Å²) in [6.45, 7) is 7.68. The van der Waals surface area contributed by atoms with Crippen LogP contribution in [-0.4, -0.2) is 18.4 Å². The number of para-hydroxylation sites is 1. The van der Waals surface area contributed by atoms with Gasteiger partial charge in [0, 0.05) is 36.3 Å². The number of anilines is 2. The molecule has 25 heavy (non-hydrogen) atoms. The second-order valence-electron chi connectivity index (χ2n) is 6.17. The molecule has 0 saturated heterocycles. The molecule has 2 aromatic carbocycles. The van der Waals surface area contributed by atoms with Crippen molar-refractivity contribution in [1.82, 2.24) is 0 Å². The summed E-state index contributed by atoms with van der Waals surface area (Å²) in [5.74, 6) is -0.212. The second kappa shape index (κ2) is 8.17. The number of nitrogens with zero attached hydrogens (tertiary/aromatic N) is 1. The highest BCUT2D eigenvalue weighted by molar-refractivity contribution is 6.30. The highest BCUT2D eigenvalue weighted by Crippen LogP contribution is 2.25. The number of carbonyl (C=O) groups excluding carboxylic acids is 2. The minimum atomic E-state index is -0.136. The Morgan fingerprint density at radius 1 is 1.04 bits per heavy atom. The van der Waals surface area contributed by atoms with Crippen LogP contribution in [-0.2, 0) is 9.59 Å². The van der Waals surface area contributed by atoms with E-state index in [9.17, 15) is 9.59 Å². The largest absolute Gasteiger partial charge is 0.326 e. The zero-order valence-electron chi connectivity index (χ0n) is 15.0. The number of benzene rings is 2. The fraction of sp³-hybridized carbons (Fsp3) is 0.300. The van der Waals surface area contributed by atoms with E-state index in [1.54, 1.807) is 23.1 Å². The van der Waals surface area contributed by atoms with Crippen molar-refractivity contribution in [2.75, 3.05) is 16.8 Å². The highest BCUT2D eigenvalue weighted by atomic mass is 35.5. The molecule has 4 nitrogen and oxygen atoms in total. The van der Waals surface area contributed by atoms with Gasteiger partial charge in [0.2, 0.25) is 11.8 Å². The van der Waals surface area contributed by atoms with Crippen molar-refractivity contribution in [3.8, 4) is 0 Å². The van der Waals surface area contributed by atoms with Gasteiger partial charge < -0.3 is 10.2 Å². The lowest BCUT2D eigenvalue weighted by Gasteiger charge is -2.25. The molecule has 0 aliphatic rings. The van der Waals surface area contributed by atoms with Gasteiger partial charge in [-0.2, -0.15) is 0 Å². The summed E-state index contributed by atoms with van der Waals surface area (Å²) < 4.78 is 0. The van der Waals surface area contributed by atoms with Crippen LogP contribution in [0, 0.1) is 20.8 Å². The molecule has 132 valence electrons. The van der Waals surface area contributed by atoms with Gasteiger partial charge in [0.05, 0.1) is 0 Å². The smallest absolute Gasteiger partial charge is 0.226 e. The van der Waals surface area contributed by atoms with Crippen LogP contribution in [0.1, 0.15) is 30.0 Å². The van der Waals surface area contributed by atoms with Gasteiger partial charge in [-0.15, -0.1) is 0 Å². The fourth-order valence-electron chi connectivity index (χ4n) is 2.85. The Labute approximate surface area is 153 Å². The second-order valence-corrected chi connectivity index (χ2v) is 6.60. The number of nitrogens with one attached hydrogen (secondary N) is 1. The first kappa shape index (κ1) is 19.0. The molecule has 0 unspecified atom stereocenters. The summed E-state index contributed by atoms with van der Waals surface area (Å²) in [5, 5.41) is 3.51. The van der Waals surface area contributed by atoms with Gasteiger partial charge >= 0.3 is 0 Å². The van der Waals surface area contributed by atoms with Crippen LogP contribution in [0.3, 0.4) is 0 Å². The molecular formula is C20H23ClN2O2. The molecule has 0 bridgehead atoms. The summed E-state index contributed by atoms with van der Waals surface area (Å²) in [6, 6.07) is 11.2. The molecule has 2 aromatic rings. The van der Waals surface area contributed by atoms with E-state index in [1.165, 1.54) is 6.92 Å². The van der Waals surface area contributed by atoms with Gasteiger partial charge in [-0.3, -0.25) is 9.59 Å². The quantitative estimate of drug-likeness (QED) is 0.845. The predicted molar refractivity (Wildman–Crippen MR) is 103 cm³/mol. The molecule has 2 rings (SSSR count). The number of hydrogen-bond acceptors (Lipinski definition) is 2. The van der Waals surface area contributed by atoms with Crippen molar-refractivity contribution < 1.29 is 9.59 Å². The van der Waals surface area contributed by atoms with Crippen LogP contribution >= 0.6 is 11.6 Å². The zero-order valence-corrected chi connectivity index (χ0v) is 15.8. The lowest BCUT2D eigenvalue weighted by molar-refractivity contribution is -0.117. The maximum atomic E-state index is 12.3. The molecule has 0 saturated carbocycles. The van der Waals surface area contributed by atoms with E-state index in [2.05, 4.69) is 5.32 Å². The zero-order chi connectivity index (χ0) is 18.6. The van der Waals surface area contributed by atoms with Gasteiger partial charge in [-0.25, -0.2) is 0 Å². The minimum absolute atomic E-state index is 0.0760. The summed E-state index contributed by atoms with van der Waals surface area (Å²) in [5.41, 5.74) is 4.55. The van der Waals surface area contributed by atoms with E-state index in [0.717, 1.165) is 28.1 Å². The first-order chi connectivity index (χ1) is 11.8. The van der Waals surface area contributed by atoms with Crippen molar-refractivity contribution >= 4 is 34.8 Å². The van der Waals surface area contributed by atoms with Crippen LogP contribution in [0.5, 0.6) is 0 Å². The average molecular weight is 359 g/mol. The molecule has 0 aliphatic carbocycles. The topological polar surface area (TPSA) is 49.4 Å². The van der Waals surface area contributed by atoms with Crippen LogP contribution in [0.15, 0.2) is 36.4 Å². The Balaban J connectivity index is 2.09. The Bertz CT molecular complexity index is 782. The highest BCUT2D eigenvalue weighted by Gasteiger charge is 2.17. The van der Waals surface area contributed by atoms with Crippen molar-refractivity contribution in [2.45, 2.75) is 34.1 Å². The third-order valence-electron chi connectivity index (χ3n) is 4.11. The predicted octanol–water partition coefficient (Wildman–Crippen LogP) is 4.65. The maximum absolute atomic E-state index is 12.3. The number of rotatable bonds is 5. The van der Waals surface area contributed by atoms with Gasteiger partial charge in [0.15, 0.2) is 0 Å². The lowest BCUT2D eigenvalue weighted by Crippen LogP contribution is -2.33. The van der Waals surface area contributed by atoms with Gasteiger partial charge in [0.25, 0.3) is 0 Å². The third-order valence-corrected chi connectivity index (χ3v) is 4.35. The Morgan fingerprint density at radius 3 is 2.24 bits per heavy atom. The molecule has 2 amide bonds. The van der Waals surface area contributed by atoms with Crippen molar-refractivity contribution in [3.05, 3.63) is 58.1 Å². The number of hydrogen-bond donors (Lipinski definition) is 1. The SMILES string of the molecule is CC(=O)N(CCC(=O)Nc1ccc(Cl)cc1C)c1c(C)cccc1C. The molecule has 0 heterocycles. The van der Waals surface area contributed by atoms with E-state index in [4.69, 9.17) is 11.6 Å². The minimum Gasteiger partial charge on any atom is -0.326 e. The molecule has 0 atom stereocenters. The Hall–Kier alpha value is -2.33. The van der Waals surface area contributed by atoms with Gasteiger partial charge in [0.1, 0.15) is 0 Å². The standard InChI is InChI=1S/C20H23ClN2O2/c1-13-6-5-7-14(2)20(13)23(16(4)24)11-10-19(25)22-18-9-8-17(21)12-15(18)3/h5-9,12H,10-11H2,1-4H3,(H,22,25). The number of amides is 2. The summed E-state index contributed by atoms with van der Waals surface area (Å²) >= 11 is 5.93. The molecule has 5 heteroatoms. The van der Waals surface area contributed by atoms with Gasteiger partial charge in [-0.05, 0) is 55.7 Å². The summed E-state index contributed by atoms with van der Waals surface area (Å²) in [7, 11) is 0. The summed E-state index contributed by atoms with van der Waals surface area (Å²) in [4.78, 5) is 26.1. The number of carbonyl (C=O) groups is 2. The third kappa shape index (κ3) is 4.83. The van der Waals surface area contributed by atoms with Crippen LogP contribution in [0.2, 0.25) is 5.02 Å². The Morgan fingerprint density at radius 2 is 1.68 bits per heavy atom. The maximum Gasteiger partial charge on any atom is 0.226 e. The van der Waals surface area contributed by atoms with Crippen molar-refractivity contribution in [1.29, 1.82) is 0 Å². The normalized spacial score (nSPS) is 10.4. The van der Waals surface area contributed by atoms with E-state index >= 15 is 0 Å². The molecule has 0 aromatic heterocycles.